The van der Waals surface area contributed by atoms with E-state index in [2.05, 4.69) is 15.6 Å². The number of aryl methyl sites for hydroxylation is 2. The van der Waals surface area contributed by atoms with Gasteiger partial charge >= 0.3 is 11.7 Å². The highest BCUT2D eigenvalue weighted by Gasteiger charge is 2.10. The van der Waals surface area contributed by atoms with E-state index in [4.69, 9.17) is 9.15 Å². The first-order valence-corrected chi connectivity index (χ1v) is 8.56. The smallest absolute Gasteiger partial charge is 0.336 e. The lowest BCUT2D eigenvalue weighted by Gasteiger charge is -2.12. The number of amides is 2. The largest absolute Gasteiger partial charge is 0.423 e. The van der Waals surface area contributed by atoms with Crippen LogP contribution in [0, 0.1) is 13.8 Å². The molecule has 2 heterocycles. The molecular weight excluding hydrogens is 348 g/mol. The number of nitrogens with zero attached hydrogens (tertiary/aromatic N) is 2. The molecule has 8 heteroatoms. The summed E-state index contributed by atoms with van der Waals surface area (Å²) >= 11 is 0. The third-order valence-electron chi connectivity index (χ3n) is 4.31. The molecule has 3 aromatic rings. The van der Waals surface area contributed by atoms with Gasteiger partial charge in [-0.15, -0.1) is 0 Å². The van der Waals surface area contributed by atoms with E-state index in [0.29, 0.717) is 31.0 Å². The summed E-state index contributed by atoms with van der Waals surface area (Å²) in [5, 5.41) is 6.45. The first-order chi connectivity index (χ1) is 13.0. The molecule has 0 saturated heterocycles. The van der Waals surface area contributed by atoms with Gasteiger partial charge < -0.3 is 24.4 Å². The van der Waals surface area contributed by atoms with Gasteiger partial charge in [-0.1, -0.05) is 0 Å². The minimum Gasteiger partial charge on any atom is -0.423 e. The number of carbonyl (C=O) groups excluding carboxylic acids is 1. The van der Waals surface area contributed by atoms with Crippen LogP contribution < -0.4 is 16.3 Å². The van der Waals surface area contributed by atoms with E-state index < -0.39 is 0 Å². The Bertz CT molecular complexity index is 1020. The summed E-state index contributed by atoms with van der Waals surface area (Å²) in [6, 6.07) is 4.67. The van der Waals surface area contributed by atoms with Crippen molar-refractivity contribution in [2.24, 2.45) is 0 Å². The number of urea groups is 1. The number of ether oxygens (including phenoxy) is 1. The third kappa shape index (κ3) is 4.35. The molecule has 0 spiro atoms. The summed E-state index contributed by atoms with van der Waals surface area (Å²) in [7, 11) is 1.64. The minimum absolute atomic E-state index is 0.327. The number of hydrogen-bond acceptors (Lipinski definition) is 5. The Kier molecular flexibility index (Phi) is 5.56. The van der Waals surface area contributed by atoms with Crippen LogP contribution in [0.3, 0.4) is 0 Å². The molecule has 142 valence electrons. The Morgan fingerprint density at radius 1 is 1.26 bits per heavy atom. The summed E-state index contributed by atoms with van der Waals surface area (Å²) in [5.74, 6) is 0. The quantitative estimate of drug-likeness (QED) is 0.650. The zero-order valence-corrected chi connectivity index (χ0v) is 15.5. The molecule has 0 bridgehead atoms. The van der Waals surface area contributed by atoms with Crippen LogP contribution in [0.5, 0.6) is 0 Å². The molecule has 0 radical (unpaired) electrons. The molecule has 0 aliphatic heterocycles. The van der Waals surface area contributed by atoms with Crippen LogP contribution in [-0.2, 0) is 17.8 Å². The van der Waals surface area contributed by atoms with Crippen LogP contribution in [0.2, 0.25) is 0 Å². The normalized spacial score (nSPS) is 10.9. The van der Waals surface area contributed by atoms with Crippen molar-refractivity contribution < 1.29 is 13.9 Å². The lowest BCUT2D eigenvalue weighted by atomic mass is 10.1. The summed E-state index contributed by atoms with van der Waals surface area (Å²) in [4.78, 5) is 27.9. The van der Waals surface area contributed by atoms with Crippen LogP contribution in [0.25, 0.3) is 11.0 Å². The number of rotatable bonds is 6. The first-order valence-electron chi connectivity index (χ1n) is 8.56. The molecule has 8 nitrogen and oxygen atoms in total. The number of nitrogens with one attached hydrogen (secondary N) is 2. The molecule has 0 aliphatic carbocycles. The van der Waals surface area contributed by atoms with Crippen LogP contribution in [0.4, 0.5) is 10.5 Å². The number of carbonyl (C=O) groups is 1. The summed E-state index contributed by atoms with van der Waals surface area (Å²) in [6.07, 6.45) is 3.42. The van der Waals surface area contributed by atoms with Crippen molar-refractivity contribution in [3.63, 3.8) is 0 Å². The molecule has 2 N–H and O–H groups in total. The number of benzene rings is 1. The topological polar surface area (TPSA) is 98.4 Å². The lowest BCUT2D eigenvalue weighted by molar-refractivity contribution is 0.186. The second-order valence-electron chi connectivity index (χ2n) is 6.29. The van der Waals surface area contributed by atoms with E-state index in [9.17, 15) is 9.59 Å². The van der Waals surface area contributed by atoms with Crippen molar-refractivity contribution in [2.45, 2.75) is 26.9 Å². The molecule has 27 heavy (non-hydrogen) atoms. The van der Waals surface area contributed by atoms with Crippen LogP contribution in [0.1, 0.15) is 16.8 Å². The standard InChI is InChI=1S/C19H22N4O4/c1-12-7-18(24)27-17-6-13(2)16(8-15(12)17)22-19(25)21-10-14-9-20-11-23(14)4-5-26-3/h6-9,11H,4-5,10H2,1-3H3,(H2,21,22,25). The molecule has 3 rings (SSSR count). The number of fused-ring (bicyclic) bond motifs is 1. The maximum absolute atomic E-state index is 12.3. The van der Waals surface area contributed by atoms with Crippen molar-refractivity contribution in [1.29, 1.82) is 0 Å². The van der Waals surface area contributed by atoms with Gasteiger partial charge in [-0.2, -0.15) is 0 Å². The molecular formula is C19H22N4O4. The van der Waals surface area contributed by atoms with Crippen LogP contribution >= 0.6 is 0 Å². The molecule has 2 amide bonds. The highest BCUT2D eigenvalue weighted by Crippen LogP contribution is 2.24. The Labute approximate surface area is 156 Å². The predicted octanol–water partition coefficient (Wildman–Crippen LogP) is 2.57. The van der Waals surface area contributed by atoms with Crippen molar-refractivity contribution in [3.05, 3.63) is 58.0 Å². The van der Waals surface area contributed by atoms with Gasteiger partial charge in [0.1, 0.15) is 5.58 Å². The Balaban J connectivity index is 1.70. The SMILES string of the molecule is COCCn1cncc1CNC(=O)Nc1cc2c(C)cc(=O)oc2cc1C. The van der Waals surface area contributed by atoms with Crippen molar-refractivity contribution in [2.75, 3.05) is 19.0 Å². The van der Waals surface area contributed by atoms with E-state index in [0.717, 1.165) is 22.2 Å². The lowest BCUT2D eigenvalue weighted by Crippen LogP contribution is -2.29. The van der Waals surface area contributed by atoms with E-state index in [1.54, 1.807) is 25.7 Å². The van der Waals surface area contributed by atoms with Crippen LogP contribution in [0.15, 0.2) is 39.9 Å². The van der Waals surface area contributed by atoms with Gasteiger partial charge in [0.2, 0.25) is 0 Å². The first kappa shape index (κ1) is 18.7. The minimum atomic E-state index is -0.386. The fraction of sp³-hybridized carbons (Fsp3) is 0.316. The number of aromatic nitrogens is 2. The van der Waals surface area contributed by atoms with E-state index >= 15 is 0 Å². The molecule has 1 aromatic carbocycles. The van der Waals surface area contributed by atoms with Gasteiger partial charge in [-0.05, 0) is 37.1 Å². The predicted molar refractivity (Wildman–Crippen MR) is 102 cm³/mol. The highest BCUT2D eigenvalue weighted by molar-refractivity contribution is 5.94. The van der Waals surface area contributed by atoms with Crippen LogP contribution in [-0.4, -0.2) is 29.3 Å². The zero-order chi connectivity index (χ0) is 19.4. The number of methoxy groups -OCH3 is 1. The maximum Gasteiger partial charge on any atom is 0.336 e. The molecule has 0 unspecified atom stereocenters. The van der Waals surface area contributed by atoms with Gasteiger partial charge in [0.25, 0.3) is 0 Å². The Hall–Kier alpha value is -3.13. The summed E-state index contributed by atoms with van der Waals surface area (Å²) in [6.45, 7) is 5.26. The number of hydrogen-bond donors (Lipinski definition) is 2. The van der Waals surface area contributed by atoms with Gasteiger partial charge in [0.15, 0.2) is 0 Å². The molecule has 2 aromatic heterocycles. The molecule has 0 saturated carbocycles. The third-order valence-corrected chi connectivity index (χ3v) is 4.31. The number of imidazole rings is 1. The van der Waals surface area contributed by atoms with Crippen molar-refractivity contribution in [3.8, 4) is 0 Å². The second kappa shape index (κ2) is 8.05. The maximum atomic E-state index is 12.3. The average Bonchev–Trinajstić information content (AvgIpc) is 3.06. The zero-order valence-electron chi connectivity index (χ0n) is 15.5. The van der Waals surface area contributed by atoms with Gasteiger partial charge in [0.05, 0.1) is 25.2 Å². The second-order valence-corrected chi connectivity index (χ2v) is 6.29. The van der Waals surface area contributed by atoms with Gasteiger partial charge in [-0.25, -0.2) is 14.6 Å². The molecule has 0 atom stereocenters. The van der Waals surface area contributed by atoms with Crippen molar-refractivity contribution in [1.82, 2.24) is 14.9 Å². The summed E-state index contributed by atoms with van der Waals surface area (Å²) < 4.78 is 12.2. The van der Waals surface area contributed by atoms with Crippen molar-refractivity contribution >= 4 is 22.7 Å². The Morgan fingerprint density at radius 2 is 2.07 bits per heavy atom. The molecule has 0 fully saturated rings. The fourth-order valence-electron chi connectivity index (χ4n) is 2.82. The van der Waals surface area contributed by atoms with E-state index in [-0.39, 0.29) is 11.7 Å². The van der Waals surface area contributed by atoms with Gasteiger partial charge in [0, 0.05) is 37.0 Å². The monoisotopic (exact) mass is 370 g/mol. The Morgan fingerprint density at radius 3 is 2.85 bits per heavy atom. The highest BCUT2D eigenvalue weighted by atomic mass is 16.5. The number of anilines is 1. The molecule has 0 aliphatic rings. The fourth-order valence-corrected chi connectivity index (χ4v) is 2.82. The van der Waals surface area contributed by atoms with E-state index in [1.807, 2.05) is 24.5 Å². The van der Waals surface area contributed by atoms with Gasteiger partial charge in [-0.3, -0.25) is 0 Å². The average molecular weight is 370 g/mol. The summed E-state index contributed by atoms with van der Waals surface area (Å²) in [5.41, 5.74) is 3.26. The van der Waals surface area contributed by atoms with E-state index in [1.165, 1.54) is 6.07 Å².